The molecule has 1 heterocycles. The molecular formula is C23H25ClN2O3. The third-order valence-electron chi connectivity index (χ3n) is 6.07. The number of nitrogens with one attached hydrogen (secondary N) is 1. The summed E-state index contributed by atoms with van der Waals surface area (Å²) in [6.45, 7) is 0.113. The van der Waals surface area contributed by atoms with E-state index in [1.807, 2.05) is 30.3 Å². The highest BCUT2D eigenvalue weighted by Gasteiger charge is 2.34. The van der Waals surface area contributed by atoms with Gasteiger partial charge in [0, 0.05) is 10.9 Å². The van der Waals surface area contributed by atoms with Gasteiger partial charge in [0.2, 0.25) is 0 Å². The molecule has 2 aliphatic carbocycles. The zero-order valence-electron chi connectivity index (χ0n) is 16.2. The minimum atomic E-state index is -1.09. The SMILES string of the molecule is O=C(O)NCc1ccc(C2CC2)c(C(=O)C2CCC(c3cccc(Cl)c3)CC2)n1. The Morgan fingerprint density at radius 1 is 1.03 bits per heavy atom. The average Bonchev–Trinajstić information content (AvgIpc) is 3.57. The molecule has 0 saturated heterocycles. The van der Waals surface area contributed by atoms with Gasteiger partial charge in [-0.3, -0.25) is 4.79 Å². The average molecular weight is 413 g/mol. The molecule has 4 rings (SSSR count). The monoisotopic (exact) mass is 412 g/mol. The highest BCUT2D eigenvalue weighted by Crippen LogP contribution is 2.43. The molecule has 2 N–H and O–H groups in total. The number of ketones is 1. The zero-order valence-corrected chi connectivity index (χ0v) is 17.0. The van der Waals surface area contributed by atoms with Crippen molar-refractivity contribution in [2.45, 2.75) is 56.9 Å². The number of carbonyl (C=O) groups is 2. The van der Waals surface area contributed by atoms with E-state index in [2.05, 4.69) is 16.4 Å². The van der Waals surface area contributed by atoms with E-state index in [0.29, 0.717) is 23.2 Å². The Morgan fingerprint density at radius 2 is 1.76 bits per heavy atom. The van der Waals surface area contributed by atoms with Gasteiger partial charge in [0.15, 0.2) is 5.78 Å². The van der Waals surface area contributed by atoms with Crippen LogP contribution in [0.15, 0.2) is 36.4 Å². The van der Waals surface area contributed by atoms with E-state index in [1.165, 1.54) is 5.56 Å². The van der Waals surface area contributed by atoms with Crippen molar-refractivity contribution in [2.24, 2.45) is 5.92 Å². The molecule has 0 radical (unpaired) electrons. The first-order valence-electron chi connectivity index (χ1n) is 10.3. The molecule has 2 aromatic rings. The first kappa shape index (κ1) is 19.9. The summed E-state index contributed by atoms with van der Waals surface area (Å²) in [5.41, 5.74) is 3.43. The van der Waals surface area contributed by atoms with E-state index in [9.17, 15) is 9.59 Å². The second-order valence-corrected chi connectivity index (χ2v) is 8.58. The Hall–Kier alpha value is -2.40. The van der Waals surface area contributed by atoms with Crippen LogP contribution in [0.2, 0.25) is 5.02 Å². The topological polar surface area (TPSA) is 79.3 Å². The standard InChI is InChI=1S/C23H25ClN2O3/c24-18-3-1-2-17(12-18)14-4-8-16(9-5-14)22(27)21-20(15-6-7-15)11-10-19(26-21)13-25-23(28)29/h1-3,10-12,14-16,25H,4-9,13H2,(H,28,29). The quantitative estimate of drug-likeness (QED) is 0.610. The Balaban J connectivity index is 1.47. The fraction of sp³-hybridized carbons (Fsp3) is 0.435. The van der Waals surface area contributed by atoms with Crippen molar-refractivity contribution in [1.29, 1.82) is 0 Å². The molecule has 2 saturated carbocycles. The summed E-state index contributed by atoms with van der Waals surface area (Å²) in [6.07, 6.45) is 4.72. The molecule has 152 valence electrons. The fourth-order valence-electron chi connectivity index (χ4n) is 4.34. The summed E-state index contributed by atoms with van der Waals surface area (Å²) in [4.78, 5) is 28.7. The van der Waals surface area contributed by atoms with E-state index in [0.717, 1.165) is 49.1 Å². The van der Waals surface area contributed by atoms with E-state index < -0.39 is 6.09 Å². The molecule has 2 aliphatic rings. The molecule has 5 nitrogen and oxygen atoms in total. The number of hydrogen-bond donors (Lipinski definition) is 2. The largest absolute Gasteiger partial charge is 0.465 e. The second-order valence-electron chi connectivity index (χ2n) is 8.14. The molecule has 6 heteroatoms. The van der Waals surface area contributed by atoms with Gasteiger partial charge in [-0.2, -0.15) is 0 Å². The number of rotatable bonds is 6. The summed E-state index contributed by atoms with van der Waals surface area (Å²) in [6, 6.07) is 11.8. The molecule has 0 bridgehead atoms. The maximum atomic E-state index is 13.3. The van der Waals surface area contributed by atoms with Gasteiger partial charge in [0.1, 0.15) is 5.69 Å². The van der Waals surface area contributed by atoms with Crippen LogP contribution in [0.3, 0.4) is 0 Å². The van der Waals surface area contributed by atoms with Gasteiger partial charge in [-0.05, 0) is 79.7 Å². The molecule has 1 aromatic heterocycles. The number of halogens is 1. The van der Waals surface area contributed by atoms with Gasteiger partial charge < -0.3 is 10.4 Å². The summed E-state index contributed by atoms with van der Waals surface area (Å²) in [5, 5.41) is 11.9. The second kappa shape index (κ2) is 8.54. The molecule has 1 amide bonds. The number of nitrogens with zero attached hydrogens (tertiary/aromatic N) is 1. The predicted molar refractivity (Wildman–Crippen MR) is 112 cm³/mol. The number of carbonyl (C=O) groups excluding carboxylic acids is 1. The van der Waals surface area contributed by atoms with Crippen molar-refractivity contribution in [2.75, 3.05) is 0 Å². The smallest absolute Gasteiger partial charge is 0.404 e. The number of pyridine rings is 1. The molecule has 2 fully saturated rings. The summed E-state index contributed by atoms with van der Waals surface area (Å²) >= 11 is 6.13. The van der Waals surface area contributed by atoms with E-state index in [1.54, 1.807) is 0 Å². The summed E-state index contributed by atoms with van der Waals surface area (Å²) < 4.78 is 0. The third-order valence-corrected chi connectivity index (χ3v) is 6.31. The number of hydrogen-bond acceptors (Lipinski definition) is 3. The highest BCUT2D eigenvalue weighted by molar-refractivity contribution is 6.30. The predicted octanol–water partition coefficient (Wildman–Crippen LogP) is 5.54. The Kier molecular flexibility index (Phi) is 5.86. The van der Waals surface area contributed by atoms with Crippen LogP contribution in [0, 0.1) is 5.92 Å². The van der Waals surface area contributed by atoms with Crippen LogP contribution in [0.1, 0.15) is 77.7 Å². The van der Waals surface area contributed by atoms with E-state index in [-0.39, 0.29) is 18.2 Å². The normalized spacial score (nSPS) is 21.6. The van der Waals surface area contributed by atoms with Crippen molar-refractivity contribution in [1.82, 2.24) is 10.3 Å². The molecular weight excluding hydrogens is 388 g/mol. The number of amides is 1. The van der Waals surface area contributed by atoms with Crippen molar-refractivity contribution in [3.8, 4) is 0 Å². The summed E-state index contributed by atoms with van der Waals surface area (Å²) in [7, 11) is 0. The maximum Gasteiger partial charge on any atom is 0.404 e. The molecule has 29 heavy (non-hydrogen) atoms. The van der Waals surface area contributed by atoms with E-state index >= 15 is 0 Å². The van der Waals surface area contributed by atoms with Gasteiger partial charge in [0.25, 0.3) is 0 Å². The number of carboxylic acid groups (broad SMARTS) is 1. The van der Waals surface area contributed by atoms with Gasteiger partial charge in [-0.25, -0.2) is 9.78 Å². The lowest BCUT2D eigenvalue weighted by atomic mass is 9.76. The first-order chi connectivity index (χ1) is 14.0. The Labute approximate surface area is 175 Å². The molecule has 0 aliphatic heterocycles. The Bertz CT molecular complexity index is 918. The third kappa shape index (κ3) is 4.78. The van der Waals surface area contributed by atoms with Crippen LogP contribution in [0.4, 0.5) is 4.79 Å². The zero-order chi connectivity index (χ0) is 20.4. The van der Waals surface area contributed by atoms with Crippen molar-refractivity contribution in [3.05, 3.63) is 63.9 Å². The lowest BCUT2D eigenvalue weighted by Crippen LogP contribution is -2.25. The molecule has 1 aromatic carbocycles. The van der Waals surface area contributed by atoms with Crippen LogP contribution < -0.4 is 5.32 Å². The van der Waals surface area contributed by atoms with Crippen LogP contribution in [0.5, 0.6) is 0 Å². The van der Waals surface area contributed by atoms with E-state index in [4.69, 9.17) is 16.7 Å². The van der Waals surface area contributed by atoms with Crippen molar-refractivity contribution < 1.29 is 14.7 Å². The molecule has 0 unspecified atom stereocenters. The van der Waals surface area contributed by atoms with Crippen LogP contribution >= 0.6 is 11.6 Å². The van der Waals surface area contributed by atoms with Gasteiger partial charge in [0.05, 0.1) is 12.2 Å². The Morgan fingerprint density at radius 3 is 2.41 bits per heavy atom. The lowest BCUT2D eigenvalue weighted by Gasteiger charge is -2.28. The van der Waals surface area contributed by atoms with Crippen molar-refractivity contribution in [3.63, 3.8) is 0 Å². The van der Waals surface area contributed by atoms with Crippen LogP contribution in [-0.4, -0.2) is 22.0 Å². The van der Waals surface area contributed by atoms with Gasteiger partial charge in [-0.1, -0.05) is 29.8 Å². The first-order valence-corrected chi connectivity index (χ1v) is 10.7. The molecule has 0 spiro atoms. The van der Waals surface area contributed by atoms with Gasteiger partial charge >= 0.3 is 6.09 Å². The minimum Gasteiger partial charge on any atom is -0.465 e. The number of aromatic nitrogens is 1. The maximum absolute atomic E-state index is 13.3. The minimum absolute atomic E-state index is 0.0156. The summed E-state index contributed by atoms with van der Waals surface area (Å²) in [5.74, 6) is 0.970. The molecule has 0 atom stereocenters. The van der Waals surface area contributed by atoms with Crippen LogP contribution in [0.25, 0.3) is 0 Å². The number of Topliss-reactive ketones (excluding diaryl/α,β-unsaturated/α-hetero) is 1. The van der Waals surface area contributed by atoms with Gasteiger partial charge in [-0.15, -0.1) is 0 Å². The van der Waals surface area contributed by atoms with Crippen molar-refractivity contribution >= 4 is 23.5 Å². The highest BCUT2D eigenvalue weighted by atomic mass is 35.5. The fourth-order valence-corrected chi connectivity index (χ4v) is 4.54. The van der Waals surface area contributed by atoms with Crippen LogP contribution in [-0.2, 0) is 6.54 Å². The number of benzene rings is 1. The lowest BCUT2D eigenvalue weighted by molar-refractivity contribution is 0.0877.